The second kappa shape index (κ2) is 15.2. The van der Waals surface area contributed by atoms with Gasteiger partial charge in [-0.2, -0.15) is 0 Å². The molecular formula is C37H45Cl2N5O7. The number of benzene rings is 2. The van der Waals surface area contributed by atoms with Crippen LogP contribution in [0.15, 0.2) is 47.6 Å². The van der Waals surface area contributed by atoms with Crippen LogP contribution in [0.3, 0.4) is 0 Å². The topological polar surface area (TPSA) is 169 Å². The van der Waals surface area contributed by atoms with Crippen molar-refractivity contribution in [1.29, 1.82) is 0 Å². The minimum absolute atomic E-state index is 0.0171. The molecule has 0 radical (unpaired) electrons. The van der Waals surface area contributed by atoms with E-state index in [-0.39, 0.29) is 43.6 Å². The lowest BCUT2D eigenvalue weighted by molar-refractivity contribution is -0.145. The number of carbonyl (C=O) groups is 5. The highest BCUT2D eigenvalue weighted by Gasteiger charge is 2.56. The van der Waals surface area contributed by atoms with Crippen LogP contribution >= 0.6 is 23.2 Å². The third kappa shape index (κ3) is 8.33. The van der Waals surface area contributed by atoms with Gasteiger partial charge in [-0.05, 0) is 48.8 Å². The predicted molar refractivity (Wildman–Crippen MR) is 192 cm³/mol. The van der Waals surface area contributed by atoms with Crippen molar-refractivity contribution in [2.45, 2.75) is 96.4 Å². The molecule has 2 aromatic rings. The second-order valence-electron chi connectivity index (χ2n) is 14.6. The lowest BCUT2D eigenvalue weighted by Crippen LogP contribution is -2.59. The normalized spacial score (nSPS) is 23.5. The molecule has 274 valence electrons. The Hall–Kier alpha value is -4.16. The molecule has 1 aliphatic carbocycles. The van der Waals surface area contributed by atoms with Crippen LogP contribution in [0.5, 0.6) is 5.75 Å². The van der Waals surface area contributed by atoms with Gasteiger partial charge in [0.15, 0.2) is 11.4 Å². The predicted octanol–water partition coefficient (Wildman–Crippen LogP) is 4.53. The Bertz CT molecular complexity index is 1710. The number of carbonyl (C=O) groups excluding carboxylic acids is 5. The van der Waals surface area contributed by atoms with Crippen LogP contribution in [0, 0.1) is 11.3 Å². The number of amides is 4. The van der Waals surface area contributed by atoms with E-state index in [1.54, 1.807) is 19.1 Å². The molecule has 1 saturated carbocycles. The summed E-state index contributed by atoms with van der Waals surface area (Å²) in [4.78, 5) is 74.1. The van der Waals surface area contributed by atoms with Crippen LogP contribution in [-0.2, 0) is 28.8 Å². The van der Waals surface area contributed by atoms with E-state index in [1.165, 1.54) is 4.90 Å². The lowest BCUT2D eigenvalue weighted by atomic mass is 9.85. The Morgan fingerprint density at radius 2 is 1.73 bits per heavy atom. The van der Waals surface area contributed by atoms with Crippen molar-refractivity contribution < 1.29 is 33.5 Å². The van der Waals surface area contributed by atoms with Gasteiger partial charge in [0.05, 0.1) is 35.0 Å². The zero-order chi connectivity index (χ0) is 37.2. The van der Waals surface area contributed by atoms with E-state index in [0.29, 0.717) is 46.5 Å². The molecule has 14 heteroatoms. The Morgan fingerprint density at radius 3 is 2.31 bits per heavy atom. The van der Waals surface area contributed by atoms with Crippen molar-refractivity contribution in [2.24, 2.45) is 22.2 Å². The first-order valence-electron chi connectivity index (χ1n) is 17.3. The fourth-order valence-corrected chi connectivity index (χ4v) is 7.50. The van der Waals surface area contributed by atoms with Crippen molar-refractivity contribution in [1.82, 2.24) is 15.5 Å². The van der Waals surface area contributed by atoms with Gasteiger partial charge in [0.25, 0.3) is 5.91 Å². The maximum Gasteiger partial charge on any atom is 0.287 e. The first kappa shape index (κ1) is 38.1. The highest BCUT2D eigenvalue weighted by Crippen LogP contribution is 2.48. The molecular weight excluding hydrogens is 697 g/mol. The molecule has 2 fully saturated rings. The molecule has 2 aromatic carbocycles. The van der Waals surface area contributed by atoms with E-state index >= 15 is 0 Å². The number of likely N-dealkylation sites (tertiary alicyclic amines) is 1. The highest BCUT2D eigenvalue weighted by atomic mass is 35.5. The molecule has 3 aliphatic rings. The van der Waals surface area contributed by atoms with E-state index in [1.807, 2.05) is 58.0 Å². The van der Waals surface area contributed by atoms with Gasteiger partial charge in [-0.15, -0.1) is 0 Å². The monoisotopic (exact) mass is 741 g/mol. The molecule has 0 bridgehead atoms. The van der Waals surface area contributed by atoms with E-state index in [2.05, 4.69) is 15.8 Å². The number of oxime groups is 1. The quantitative estimate of drug-likeness (QED) is 0.253. The van der Waals surface area contributed by atoms with E-state index < -0.39 is 52.6 Å². The van der Waals surface area contributed by atoms with E-state index in [0.717, 1.165) is 5.56 Å². The molecule has 2 heterocycles. The zero-order valence-electron chi connectivity index (χ0n) is 29.5. The number of hydrogen-bond acceptors (Lipinski definition) is 8. The van der Waals surface area contributed by atoms with Crippen molar-refractivity contribution >= 4 is 58.3 Å². The summed E-state index contributed by atoms with van der Waals surface area (Å²) >= 11 is 13.0. The number of primary amides is 1. The van der Waals surface area contributed by atoms with Crippen LogP contribution in [-0.4, -0.2) is 76.9 Å². The molecule has 1 spiro atoms. The number of nitrogens with two attached hydrogens (primary N) is 1. The van der Waals surface area contributed by atoms with Crippen molar-refractivity contribution in [3.63, 3.8) is 0 Å². The number of hydrogen-bond donors (Lipinski definition) is 3. The van der Waals surface area contributed by atoms with Gasteiger partial charge in [-0.1, -0.05) is 92.8 Å². The molecule has 12 nitrogen and oxygen atoms in total. The minimum atomic E-state index is -1.17. The largest absolute Gasteiger partial charge is 0.491 e. The average Bonchev–Trinajstić information content (AvgIpc) is 3.65. The van der Waals surface area contributed by atoms with Gasteiger partial charge >= 0.3 is 0 Å². The number of nitrogens with one attached hydrogen (secondary N) is 2. The molecule has 2 aliphatic heterocycles. The molecule has 4 amide bonds. The molecule has 0 unspecified atom stereocenters. The van der Waals surface area contributed by atoms with Crippen LogP contribution in [0.2, 0.25) is 10.0 Å². The Kier molecular flexibility index (Phi) is 11.4. The summed E-state index contributed by atoms with van der Waals surface area (Å²) in [5, 5.41) is 10.6. The molecule has 1 saturated heterocycles. The van der Waals surface area contributed by atoms with Gasteiger partial charge in [0.2, 0.25) is 23.5 Å². The summed E-state index contributed by atoms with van der Waals surface area (Å²) < 4.78 is 5.56. The second-order valence-corrected chi connectivity index (χ2v) is 15.4. The van der Waals surface area contributed by atoms with Crippen LogP contribution in [0.1, 0.15) is 83.8 Å². The first-order chi connectivity index (χ1) is 24.1. The summed E-state index contributed by atoms with van der Waals surface area (Å²) in [6.45, 7) is 9.47. The molecule has 6 atom stereocenters. The van der Waals surface area contributed by atoms with Crippen LogP contribution in [0.4, 0.5) is 0 Å². The summed E-state index contributed by atoms with van der Waals surface area (Å²) in [5.41, 5.74) is 5.57. The number of nitrogens with zero attached hydrogens (tertiary/aromatic N) is 2. The molecule has 5 rings (SSSR count). The van der Waals surface area contributed by atoms with Crippen molar-refractivity contribution in [2.75, 3.05) is 13.2 Å². The summed E-state index contributed by atoms with van der Waals surface area (Å²) in [5.74, 6) is -3.36. The SMILES string of the molecule is CCC[C@H](NC(=O)[C@@H]1C[C@]2(CC(c3cc(Cl)c(OCC)c(Cl)c3)=NO2)CN1C(=O)[C@@H](NC(=O)[C@@H]1C[C@H]1c1ccccc1)C(C)(C)C)C(=O)C(N)=O. The van der Waals surface area contributed by atoms with Gasteiger partial charge in [0.1, 0.15) is 12.1 Å². The zero-order valence-corrected chi connectivity index (χ0v) is 31.0. The fourth-order valence-electron chi connectivity index (χ4n) is 6.91. The van der Waals surface area contributed by atoms with E-state index in [4.69, 9.17) is 38.5 Å². The standard InChI is InChI=1S/C37H45Cl2N5O7/c1-6-11-26(29(45)32(40)46)41-34(48)28-18-37(17-27(43-51-37)21-14-24(38)30(50-7-2)25(39)15-21)19-44(28)35(49)31(36(3,4)5)42-33(47)23-16-22(23)20-12-9-8-10-13-20/h8-10,12-15,22-23,26,28,31H,6-7,11,16-19H2,1-5H3,(H2,40,46)(H,41,48)(H,42,47)/t22-,23+,26-,28-,31+,37+/m0/s1. The van der Waals surface area contributed by atoms with Crippen LogP contribution in [0.25, 0.3) is 0 Å². The van der Waals surface area contributed by atoms with E-state index in [9.17, 15) is 24.0 Å². The first-order valence-corrected chi connectivity index (χ1v) is 18.0. The Morgan fingerprint density at radius 1 is 1.06 bits per heavy atom. The minimum Gasteiger partial charge on any atom is -0.491 e. The third-order valence-electron chi connectivity index (χ3n) is 9.65. The Balaban J connectivity index is 1.42. The van der Waals surface area contributed by atoms with Gasteiger partial charge < -0.3 is 30.8 Å². The lowest BCUT2D eigenvalue weighted by Gasteiger charge is -2.35. The third-order valence-corrected chi connectivity index (χ3v) is 10.2. The Labute approximate surface area is 307 Å². The smallest absolute Gasteiger partial charge is 0.287 e. The van der Waals surface area contributed by atoms with Crippen molar-refractivity contribution in [3.05, 3.63) is 63.6 Å². The molecule has 0 aromatic heterocycles. The van der Waals surface area contributed by atoms with Crippen LogP contribution < -0.4 is 21.1 Å². The highest BCUT2D eigenvalue weighted by molar-refractivity contribution is 6.38. The van der Waals surface area contributed by atoms with Gasteiger partial charge in [-0.3, -0.25) is 24.0 Å². The average molecular weight is 743 g/mol. The van der Waals surface area contributed by atoms with Gasteiger partial charge in [0, 0.05) is 24.3 Å². The number of rotatable bonds is 13. The maximum absolute atomic E-state index is 14.6. The van der Waals surface area contributed by atoms with Gasteiger partial charge in [-0.25, -0.2) is 0 Å². The van der Waals surface area contributed by atoms with Crippen molar-refractivity contribution in [3.8, 4) is 5.75 Å². The number of Topliss-reactive ketones (excluding diaryl/α,β-unsaturated/α-hetero) is 1. The maximum atomic E-state index is 14.6. The molecule has 4 N–H and O–H groups in total. The number of halogens is 2. The number of ketones is 1. The fraction of sp³-hybridized carbons (Fsp3) is 0.514. The summed E-state index contributed by atoms with van der Waals surface area (Å²) in [7, 11) is 0. The number of ether oxygens (including phenoxy) is 1. The molecule has 51 heavy (non-hydrogen) atoms. The summed E-state index contributed by atoms with van der Waals surface area (Å²) in [6, 6.07) is 9.79. The summed E-state index contributed by atoms with van der Waals surface area (Å²) in [6.07, 6.45) is 1.54.